The van der Waals surface area contributed by atoms with Gasteiger partial charge >= 0.3 is 0 Å². The quantitative estimate of drug-likeness (QED) is 0.643. The topological polar surface area (TPSA) is 80.0 Å². The summed E-state index contributed by atoms with van der Waals surface area (Å²) in [6, 6.07) is 15.7. The van der Waals surface area contributed by atoms with Crippen LogP contribution >= 0.6 is 0 Å². The van der Waals surface area contributed by atoms with E-state index in [-0.39, 0.29) is 24.5 Å². The van der Waals surface area contributed by atoms with Gasteiger partial charge < -0.3 is 19.2 Å². The number of methoxy groups -OCH3 is 1. The summed E-state index contributed by atoms with van der Waals surface area (Å²) in [5.41, 5.74) is 2.33. The van der Waals surface area contributed by atoms with Gasteiger partial charge in [-0.1, -0.05) is 48.0 Å². The zero-order valence-electron chi connectivity index (χ0n) is 16.2. The lowest BCUT2D eigenvalue weighted by molar-refractivity contribution is -0.130. The minimum absolute atomic E-state index is 0.0239. The van der Waals surface area contributed by atoms with Gasteiger partial charge in [-0.2, -0.15) is 0 Å². The van der Waals surface area contributed by atoms with Gasteiger partial charge in [0.1, 0.15) is 5.58 Å². The SMILES string of the molecule is COCCN1C(=O)C(O)=C(C(=O)c2cc3ccccc3o2)C1c1cccc(C)c1. The van der Waals surface area contributed by atoms with Gasteiger partial charge in [-0.3, -0.25) is 9.59 Å². The molecule has 148 valence electrons. The number of hydrogen-bond donors (Lipinski definition) is 1. The van der Waals surface area contributed by atoms with Gasteiger partial charge in [-0.25, -0.2) is 0 Å². The molecule has 0 saturated heterocycles. The van der Waals surface area contributed by atoms with Gasteiger partial charge in [0.05, 0.1) is 18.2 Å². The number of carbonyl (C=O) groups is 2. The molecule has 0 bridgehead atoms. The third-order valence-corrected chi connectivity index (χ3v) is 5.09. The van der Waals surface area contributed by atoms with Gasteiger partial charge in [-0.15, -0.1) is 0 Å². The lowest BCUT2D eigenvalue weighted by Crippen LogP contribution is -2.34. The Bertz CT molecular complexity index is 1090. The molecule has 2 aromatic carbocycles. The van der Waals surface area contributed by atoms with Crippen LogP contribution in [-0.4, -0.2) is 42.0 Å². The number of Topliss-reactive ketones (excluding diaryl/α,β-unsaturated/α-hetero) is 1. The van der Waals surface area contributed by atoms with Crippen molar-refractivity contribution in [3.8, 4) is 0 Å². The van der Waals surface area contributed by atoms with E-state index in [0.717, 1.165) is 16.5 Å². The molecule has 3 aromatic rings. The molecule has 29 heavy (non-hydrogen) atoms. The summed E-state index contributed by atoms with van der Waals surface area (Å²) in [5, 5.41) is 11.4. The molecule has 6 heteroatoms. The molecule has 1 aromatic heterocycles. The minimum Gasteiger partial charge on any atom is -0.503 e. The highest BCUT2D eigenvalue weighted by Crippen LogP contribution is 2.39. The van der Waals surface area contributed by atoms with Crippen LogP contribution in [0.15, 0.2) is 70.3 Å². The van der Waals surface area contributed by atoms with Crippen molar-refractivity contribution < 1.29 is 23.8 Å². The molecule has 4 rings (SSSR count). The average Bonchev–Trinajstić information content (AvgIpc) is 3.26. The number of carbonyl (C=O) groups excluding carboxylic acids is 2. The Morgan fingerprint density at radius 3 is 2.69 bits per heavy atom. The monoisotopic (exact) mass is 391 g/mol. The Morgan fingerprint density at radius 1 is 1.17 bits per heavy atom. The summed E-state index contributed by atoms with van der Waals surface area (Å²) < 4.78 is 10.8. The molecule has 1 amide bonds. The number of hydrogen-bond acceptors (Lipinski definition) is 5. The first kappa shape index (κ1) is 19.0. The molecule has 0 saturated carbocycles. The number of furan rings is 1. The second-order valence-corrected chi connectivity index (χ2v) is 7.05. The Morgan fingerprint density at radius 2 is 1.97 bits per heavy atom. The van der Waals surface area contributed by atoms with E-state index in [1.165, 1.54) is 12.0 Å². The Kier molecular flexibility index (Phi) is 4.94. The predicted molar refractivity (Wildman–Crippen MR) is 108 cm³/mol. The first-order valence-corrected chi connectivity index (χ1v) is 9.34. The van der Waals surface area contributed by atoms with Crippen LogP contribution in [0.25, 0.3) is 11.0 Å². The molecule has 1 unspecified atom stereocenters. The van der Waals surface area contributed by atoms with Gasteiger partial charge in [0.2, 0.25) is 5.78 Å². The summed E-state index contributed by atoms with van der Waals surface area (Å²) in [5.74, 6) is -1.55. The maximum absolute atomic E-state index is 13.3. The smallest absolute Gasteiger partial charge is 0.290 e. The van der Waals surface area contributed by atoms with E-state index in [0.29, 0.717) is 5.58 Å². The summed E-state index contributed by atoms with van der Waals surface area (Å²) in [7, 11) is 1.54. The molecule has 2 heterocycles. The number of aliphatic hydroxyl groups excluding tert-OH is 1. The fourth-order valence-electron chi connectivity index (χ4n) is 3.72. The lowest BCUT2D eigenvalue weighted by atomic mass is 9.94. The van der Waals surface area contributed by atoms with Gasteiger partial charge in [0.15, 0.2) is 11.5 Å². The van der Waals surface area contributed by atoms with E-state index in [1.807, 2.05) is 49.4 Å². The molecular weight excluding hydrogens is 370 g/mol. The molecule has 0 fully saturated rings. The number of ether oxygens (including phenoxy) is 1. The summed E-state index contributed by atoms with van der Waals surface area (Å²) in [4.78, 5) is 27.6. The number of benzene rings is 2. The fourth-order valence-corrected chi connectivity index (χ4v) is 3.72. The molecule has 1 aliphatic rings. The maximum Gasteiger partial charge on any atom is 0.290 e. The number of rotatable bonds is 6. The fraction of sp³-hybridized carbons (Fsp3) is 0.217. The zero-order valence-corrected chi connectivity index (χ0v) is 16.2. The number of fused-ring (bicyclic) bond motifs is 1. The van der Waals surface area contributed by atoms with Crippen LogP contribution in [0.4, 0.5) is 0 Å². The zero-order chi connectivity index (χ0) is 20.5. The number of aliphatic hydroxyl groups is 1. The highest BCUT2D eigenvalue weighted by molar-refractivity contribution is 6.16. The van der Waals surface area contributed by atoms with Crippen molar-refractivity contribution >= 4 is 22.7 Å². The van der Waals surface area contributed by atoms with Crippen molar-refractivity contribution in [2.45, 2.75) is 13.0 Å². The van der Waals surface area contributed by atoms with Crippen molar-refractivity contribution in [2.75, 3.05) is 20.3 Å². The number of amides is 1. The number of nitrogens with zero attached hydrogens (tertiary/aromatic N) is 1. The number of ketones is 1. The third-order valence-electron chi connectivity index (χ3n) is 5.09. The first-order valence-electron chi connectivity index (χ1n) is 9.34. The van der Waals surface area contributed by atoms with E-state index >= 15 is 0 Å². The highest BCUT2D eigenvalue weighted by atomic mass is 16.5. The average molecular weight is 391 g/mol. The number of aryl methyl sites for hydroxylation is 1. The van der Waals surface area contributed by atoms with E-state index in [2.05, 4.69) is 0 Å². The predicted octanol–water partition coefficient (Wildman–Crippen LogP) is 3.97. The normalized spacial score (nSPS) is 16.8. The Hall–Kier alpha value is -3.38. The number of para-hydroxylation sites is 1. The van der Waals surface area contributed by atoms with Gasteiger partial charge in [0, 0.05) is 19.0 Å². The van der Waals surface area contributed by atoms with Crippen molar-refractivity contribution in [1.29, 1.82) is 0 Å². The van der Waals surface area contributed by atoms with Crippen LogP contribution in [0.2, 0.25) is 0 Å². The van der Waals surface area contributed by atoms with Gasteiger partial charge in [-0.05, 0) is 24.6 Å². The van der Waals surface area contributed by atoms with E-state index in [9.17, 15) is 14.7 Å². The van der Waals surface area contributed by atoms with Crippen molar-refractivity contribution in [3.63, 3.8) is 0 Å². The van der Waals surface area contributed by atoms with Crippen LogP contribution in [0.5, 0.6) is 0 Å². The molecule has 1 N–H and O–H groups in total. The standard InChI is InChI=1S/C23H21NO5/c1-14-6-5-8-16(12-14)20-19(22(26)23(27)24(20)10-11-28-2)21(25)18-13-15-7-3-4-9-17(15)29-18/h3-9,12-13,20,26H,10-11H2,1-2H3. The summed E-state index contributed by atoms with van der Waals surface area (Å²) in [6.07, 6.45) is 0. The first-order chi connectivity index (χ1) is 14.0. The highest BCUT2D eigenvalue weighted by Gasteiger charge is 2.44. The summed E-state index contributed by atoms with van der Waals surface area (Å²) >= 11 is 0. The van der Waals surface area contributed by atoms with E-state index in [1.54, 1.807) is 12.1 Å². The second kappa shape index (κ2) is 7.56. The van der Waals surface area contributed by atoms with Gasteiger partial charge in [0.25, 0.3) is 5.91 Å². The minimum atomic E-state index is -0.710. The molecule has 0 radical (unpaired) electrons. The molecule has 1 atom stereocenters. The van der Waals surface area contributed by atoms with Crippen molar-refractivity contribution in [1.82, 2.24) is 4.90 Å². The maximum atomic E-state index is 13.3. The molecule has 0 aliphatic carbocycles. The Labute approximate surface area is 168 Å². The lowest BCUT2D eigenvalue weighted by Gasteiger charge is -2.26. The van der Waals surface area contributed by atoms with Crippen molar-refractivity contribution in [3.05, 3.63) is 82.8 Å². The largest absolute Gasteiger partial charge is 0.503 e. The molecular formula is C23H21NO5. The molecule has 6 nitrogen and oxygen atoms in total. The second-order valence-electron chi connectivity index (χ2n) is 7.05. The van der Waals surface area contributed by atoms with Crippen molar-refractivity contribution in [2.24, 2.45) is 0 Å². The van der Waals surface area contributed by atoms with Crippen LogP contribution < -0.4 is 0 Å². The van der Waals surface area contributed by atoms with E-state index < -0.39 is 23.5 Å². The summed E-state index contributed by atoms with van der Waals surface area (Å²) in [6.45, 7) is 2.46. The molecule has 0 spiro atoms. The van der Waals surface area contributed by atoms with E-state index in [4.69, 9.17) is 9.15 Å². The third kappa shape index (κ3) is 3.32. The molecule has 1 aliphatic heterocycles. The van der Waals surface area contributed by atoms with Crippen LogP contribution in [0.3, 0.4) is 0 Å². The van der Waals surface area contributed by atoms with Crippen LogP contribution in [-0.2, 0) is 9.53 Å². The Balaban J connectivity index is 1.81. The van der Waals surface area contributed by atoms with Crippen LogP contribution in [0.1, 0.15) is 27.7 Å². The van der Waals surface area contributed by atoms with Crippen LogP contribution in [0, 0.1) is 6.92 Å².